The quantitative estimate of drug-likeness (QED) is 0.917. The highest BCUT2D eigenvalue weighted by molar-refractivity contribution is 6.30. The molecule has 0 aliphatic heterocycles. The second-order valence-electron chi connectivity index (χ2n) is 5.22. The van der Waals surface area contributed by atoms with Crippen LogP contribution in [0.3, 0.4) is 0 Å². The van der Waals surface area contributed by atoms with E-state index in [9.17, 15) is 9.90 Å². The van der Waals surface area contributed by atoms with E-state index >= 15 is 0 Å². The Kier molecular flexibility index (Phi) is 4.14. The first kappa shape index (κ1) is 14.6. The molecule has 0 aliphatic rings. The fraction of sp³-hybridized carbons (Fsp3) is 0.333. The van der Waals surface area contributed by atoms with Crippen LogP contribution in [0.1, 0.15) is 35.7 Å². The topological polar surface area (TPSA) is 63.3 Å². The molecular formula is C15H16ClNO3. The largest absolute Gasteiger partial charge is 0.475 e. The lowest BCUT2D eigenvalue weighted by atomic mass is 10.1. The van der Waals surface area contributed by atoms with Crippen LogP contribution in [0.15, 0.2) is 22.6 Å². The molecule has 1 N–H and O–H groups in total. The summed E-state index contributed by atoms with van der Waals surface area (Å²) in [6.45, 7) is 5.92. The average Bonchev–Trinajstić information content (AvgIpc) is 2.70. The van der Waals surface area contributed by atoms with Gasteiger partial charge in [-0.25, -0.2) is 9.78 Å². The lowest BCUT2D eigenvalue weighted by Gasteiger charge is -2.00. The Balaban J connectivity index is 2.49. The average molecular weight is 294 g/mol. The first-order chi connectivity index (χ1) is 9.36. The Morgan fingerprint density at radius 1 is 1.40 bits per heavy atom. The number of halogens is 1. The third kappa shape index (κ3) is 3.20. The first-order valence-electron chi connectivity index (χ1n) is 6.37. The molecular weight excluding hydrogens is 278 g/mol. The number of benzene rings is 1. The van der Waals surface area contributed by atoms with Gasteiger partial charge in [0.15, 0.2) is 0 Å². The minimum absolute atomic E-state index is 0.0914. The number of hydrogen-bond donors (Lipinski definition) is 1. The summed E-state index contributed by atoms with van der Waals surface area (Å²) in [7, 11) is 0. The number of aryl methyl sites for hydroxylation is 1. The number of nitrogens with zero attached hydrogens (tertiary/aromatic N) is 1. The zero-order valence-corrected chi connectivity index (χ0v) is 12.4. The maximum Gasteiger partial charge on any atom is 0.373 e. The Morgan fingerprint density at radius 3 is 2.65 bits per heavy atom. The normalized spacial score (nSPS) is 11.1. The number of aromatic nitrogens is 1. The van der Waals surface area contributed by atoms with E-state index in [1.54, 1.807) is 6.07 Å². The number of rotatable bonds is 4. The van der Waals surface area contributed by atoms with Crippen LogP contribution in [0.5, 0.6) is 0 Å². The minimum Gasteiger partial charge on any atom is -0.475 e. The molecule has 106 valence electrons. The van der Waals surface area contributed by atoms with Gasteiger partial charge in [-0.15, -0.1) is 0 Å². The number of carboxylic acid groups (broad SMARTS) is 1. The lowest BCUT2D eigenvalue weighted by molar-refractivity contribution is 0.0661. The van der Waals surface area contributed by atoms with Gasteiger partial charge in [0.1, 0.15) is 0 Å². The second kappa shape index (κ2) is 5.67. The molecule has 0 saturated carbocycles. The van der Waals surface area contributed by atoms with Crippen LogP contribution in [-0.4, -0.2) is 16.1 Å². The van der Waals surface area contributed by atoms with Crippen LogP contribution in [-0.2, 0) is 6.42 Å². The standard InChI is InChI=1S/C15H16ClNO3/c1-8(2)4-12-13(15(18)19)20-14(17-12)10-5-9(3)6-11(16)7-10/h5-8H,4H2,1-3H3,(H,18,19). The highest BCUT2D eigenvalue weighted by Gasteiger charge is 2.21. The molecule has 0 aliphatic carbocycles. The predicted molar refractivity (Wildman–Crippen MR) is 77.2 cm³/mol. The second-order valence-corrected chi connectivity index (χ2v) is 5.65. The van der Waals surface area contributed by atoms with Gasteiger partial charge in [-0.1, -0.05) is 25.4 Å². The predicted octanol–water partition coefficient (Wildman–Crippen LogP) is 4.20. The van der Waals surface area contributed by atoms with E-state index in [0.29, 0.717) is 34.5 Å². The number of hydrogen-bond acceptors (Lipinski definition) is 3. The van der Waals surface area contributed by atoms with E-state index in [4.69, 9.17) is 16.0 Å². The Hall–Kier alpha value is -1.81. The van der Waals surface area contributed by atoms with Gasteiger partial charge in [-0.05, 0) is 43.0 Å². The molecule has 0 bridgehead atoms. The molecule has 1 aromatic carbocycles. The molecule has 2 aromatic rings. The van der Waals surface area contributed by atoms with Crippen molar-refractivity contribution in [3.63, 3.8) is 0 Å². The Morgan fingerprint density at radius 2 is 2.10 bits per heavy atom. The van der Waals surface area contributed by atoms with Crippen molar-refractivity contribution < 1.29 is 14.3 Å². The van der Waals surface area contributed by atoms with Crippen molar-refractivity contribution in [3.8, 4) is 11.5 Å². The van der Waals surface area contributed by atoms with Crippen LogP contribution in [0.25, 0.3) is 11.5 Å². The van der Waals surface area contributed by atoms with Crippen LogP contribution >= 0.6 is 11.6 Å². The van der Waals surface area contributed by atoms with E-state index in [2.05, 4.69) is 4.98 Å². The molecule has 0 atom stereocenters. The maximum atomic E-state index is 11.2. The maximum absolute atomic E-state index is 11.2. The smallest absolute Gasteiger partial charge is 0.373 e. The van der Waals surface area contributed by atoms with Crippen LogP contribution < -0.4 is 0 Å². The molecule has 0 unspecified atom stereocenters. The van der Waals surface area contributed by atoms with Crippen molar-refractivity contribution >= 4 is 17.6 Å². The van der Waals surface area contributed by atoms with Gasteiger partial charge in [0.25, 0.3) is 0 Å². The highest BCUT2D eigenvalue weighted by Crippen LogP contribution is 2.27. The van der Waals surface area contributed by atoms with Crippen LogP contribution in [0.4, 0.5) is 0 Å². The molecule has 20 heavy (non-hydrogen) atoms. The summed E-state index contributed by atoms with van der Waals surface area (Å²) in [5.41, 5.74) is 2.13. The molecule has 0 radical (unpaired) electrons. The minimum atomic E-state index is -1.10. The third-order valence-corrected chi connectivity index (χ3v) is 3.00. The van der Waals surface area contributed by atoms with Crippen molar-refractivity contribution in [2.45, 2.75) is 27.2 Å². The van der Waals surface area contributed by atoms with Gasteiger partial charge < -0.3 is 9.52 Å². The molecule has 0 amide bonds. The fourth-order valence-corrected chi connectivity index (χ4v) is 2.32. The van der Waals surface area contributed by atoms with Crippen molar-refractivity contribution in [1.82, 2.24) is 4.98 Å². The molecule has 1 aromatic heterocycles. The van der Waals surface area contributed by atoms with Gasteiger partial charge >= 0.3 is 5.97 Å². The van der Waals surface area contributed by atoms with E-state index in [-0.39, 0.29) is 5.76 Å². The molecule has 0 spiro atoms. The van der Waals surface area contributed by atoms with E-state index in [0.717, 1.165) is 5.56 Å². The zero-order chi connectivity index (χ0) is 14.9. The summed E-state index contributed by atoms with van der Waals surface area (Å²) in [4.78, 5) is 15.5. The molecule has 5 heteroatoms. The van der Waals surface area contributed by atoms with Gasteiger partial charge in [0.2, 0.25) is 11.7 Å². The van der Waals surface area contributed by atoms with Crippen molar-refractivity contribution in [3.05, 3.63) is 40.2 Å². The molecule has 4 nitrogen and oxygen atoms in total. The third-order valence-electron chi connectivity index (χ3n) is 2.78. The van der Waals surface area contributed by atoms with Crippen molar-refractivity contribution in [2.24, 2.45) is 5.92 Å². The summed E-state index contributed by atoms with van der Waals surface area (Å²) in [5, 5.41) is 9.76. The summed E-state index contributed by atoms with van der Waals surface area (Å²) >= 11 is 6.01. The summed E-state index contributed by atoms with van der Waals surface area (Å²) in [6.07, 6.45) is 0.560. The van der Waals surface area contributed by atoms with E-state index in [1.165, 1.54) is 0 Å². The Labute approximate surface area is 122 Å². The van der Waals surface area contributed by atoms with Gasteiger partial charge in [-0.3, -0.25) is 0 Å². The van der Waals surface area contributed by atoms with Crippen molar-refractivity contribution in [2.75, 3.05) is 0 Å². The molecule has 0 fully saturated rings. The van der Waals surface area contributed by atoms with Gasteiger partial charge in [0, 0.05) is 10.6 Å². The summed E-state index contributed by atoms with van der Waals surface area (Å²) < 4.78 is 5.40. The molecule has 2 rings (SSSR count). The van der Waals surface area contributed by atoms with E-state index < -0.39 is 5.97 Å². The molecule has 1 heterocycles. The number of carboxylic acids is 1. The van der Waals surface area contributed by atoms with Crippen LogP contribution in [0.2, 0.25) is 5.02 Å². The Bertz CT molecular complexity index is 626. The van der Waals surface area contributed by atoms with Crippen molar-refractivity contribution in [1.29, 1.82) is 0 Å². The summed E-state index contributed by atoms with van der Waals surface area (Å²) in [5.74, 6) is -0.597. The number of aromatic carboxylic acids is 1. The number of oxazole rings is 1. The molecule has 0 saturated heterocycles. The van der Waals surface area contributed by atoms with Gasteiger partial charge in [0.05, 0.1) is 5.69 Å². The lowest BCUT2D eigenvalue weighted by Crippen LogP contribution is -2.03. The highest BCUT2D eigenvalue weighted by atomic mass is 35.5. The first-order valence-corrected chi connectivity index (χ1v) is 6.75. The zero-order valence-electron chi connectivity index (χ0n) is 11.6. The van der Waals surface area contributed by atoms with Crippen LogP contribution in [0, 0.1) is 12.8 Å². The SMILES string of the molecule is Cc1cc(Cl)cc(-c2nc(CC(C)C)c(C(=O)O)o2)c1. The number of carbonyl (C=O) groups is 1. The monoisotopic (exact) mass is 293 g/mol. The fourth-order valence-electron chi connectivity index (χ4n) is 2.03. The van der Waals surface area contributed by atoms with E-state index in [1.807, 2.05) is 32.9 Å². The summed E-state index contributed by atoms with van der Waals surface area (Å²) in [6, 6.07) is 5.40. The van der Waals surface area contributed by atoms with Gasteiger partial charge in [-0.2, -0.15) is 0 Å².